The Morgan fingerprint density at radius 2 is 1.76 bits per heavy atom. The topological polar surface area (TPSA) is 161 Å². The lowest BCUT2D eigenvalue weighted by Crippen LogP contribution is -2.34. The van der Waals surface area contributed by atoms with Gasteiger partial charge in [-0.05, 0) is 12.1 Å². The number of nitrogen functional groups attached to an aromatic ring is 1. The molecule has 1 unspecified atom stereocenters. The number of nitrogens with zero attached hydrogens (tertiary/aromatic N) is 1. The first-order valence-corrected chi connectivity index (χ1v) is 5.70. The fourth-order valence-electron chi connectivity index (χ4n) is 1.80. The molecule has 1 aromatic rings. The van der Waals surface area contributed by atoms with Gasteiger partial charge in [-0.1, -0.05) is 6.92 Å². The summed E-state index contributed by atoms with van der Waals surface area (Å²) in [6, 6.07) is 3.21. The van der Waals surface area contributed by atoms with Gasteiger partial charge in [-0.15, -0.1) is 0 Å². The van der Waals surface area contributed by atoms with Gasteiger partial charge in [-0.3, -0.25) is 24.5 Å². The van der Waals surface area contributed by atoms with Crippen molar-refractivity contribution in [3.63, 3.8) is 0 Å². The third kappa shape index (κ3) is 3.32. The predicted molar refractivity (Wildman–Crippen MR) is 69.8 cm³/mol. The molecule has 0 saturated carbocycles. The van der Waals surface area contributed by atoms with Gasteiger partial charge in [0.25, 0.3) is 5.69 Å². The molecular formula is C12H12N2O7. The van der Waals surface area contributed by atoms with E-state index in [9.17, 15) is 24.5 Å². The number of nitro groups is 1. The van der Waals surface area contributed by atoms with Crippen LogP contribution in [0.2, 0.25) is 0 Å². The second-order valence-electron chi connectivity index (χ2n) is 4.34. The average molecular weight is 296 g/mol. The number of anilines is 1. The zero-order chi connectivity index (χ0) is 16.3. The van der Waals surface area contributed by atoms with Crippen LogP contribution in [0.5, 0.6) is 0 Å². The lowest BCUT2D eigenvalue weighted by molar-refractivity contribution is -0.383. The molecule has 0 fully saturated rings. The number of ketones is 1. The second-order valence-corrected chi connectivity index (χ2v) is 4.34. The number of nitro benzene ring substituents is 1. The largest absolute Gasteiger partial charge is 0.481 e. The molecule has 0 aliphatic rings. The van der Waals surface area contributed by atoms with E-state index in [4.69, 9.17) is 15.9 Å². The fourth-order valence-corrected chi connectivity index (χ4v) is 1.80. The summed E-state index contributed by atoms with van der Waals surface area (Å²) in [5.41, 5.74) is 4.55. The van der Waals surface area contributed by atoms with Gasteiger partial charge in [-0.2, -0.15) is 0 Å². The Hall–Kier alpha value is -2.97. The third-order valence-electron chi connectivity index (χ3n) is 2.96. The van der Waals surface area contributed by atoms with E-state index in [1.165, 1.54) is 6.07 Å². The first-order chi connectivity index (χ1) is 9.66. The van der Waals surface area contributed by atoms with Crippen molar-refractivity contribution in [1.82, 2.24) is 0 Å². The lowest BCUT2D eigenvalue weighted by atomic mass is 9.87. The van der Waals surface area contributed by atoms with Crippen LogP contribution >= 0.6 is 0 Å². The first-order valence-electron chi connectivity index (χ1n) is 5.70. The maximum Gasteiger partial charge on any atom is 0.318 e. The maximum absolute atomic E-state index is 12.1. The SMILES string of the molecule is CC(C(=O)c1ccc(N)c([N+](=O)[O-])c1)C(C(=O)O)C(=O)O. The smallest absolute Gasteiger partial charge is 0.318 e. The van der Waals surface area contributed by atoms with Gasteiger partial charge >= 0.3 is 11.9 Å². The Balaban J connectivity index is 3.19. The molecule has 0 aliphatic carbocycles. The van der Waals surface area contributed by atoms with E-state index in [2.05, 4.69) is 0 Å². The number of carboxylic acid groups (broad SMARTS) is 2. The molecule has 0 heterocycles. The van der Waals surface area contributed by atoms with Crippen molar-refractivity contribution >= 4 is 29.1 Å². The van der Waals surface area contributed by atoms with Crippen LogP contribution in [0, 0.1) is 22.0 Å². The molecule has 0 saturated heterocycles. The molecule has 0 amide bonds. The normalized spacial score (nSPS) is 11.9. The van der Waals surface area contributed by atoms with Crippen LogP contribution in [0.3, 0.4) is 0 Å². The van der Waals surface area contributed by atoms with E-state index < -0.39 is 40.2 Å². The molecule has 4 N–H and O–H groups in total. The molecule has 0 spiro atoms. The lowest BCUT2D eigenvalue weighted by Gasteiger charge is -2.15. The van der Waals surface area contributed by atoms with Crippen LogP contribution < -0.4 is 5.73 Å². The van der Waals surface area contributed by atoms with Gasteiger partial charge in [0, 0.05) is 17.5 Å². The Bertz CT molecular complexity index is 612. The fraction of sp³-hybridized carbons (Fsp3) is 0.250. The quantitative estimate of drug-likeness (QED) is 0.228. The second kappa shape index (κ2) is 5.99. The summed E-state index contributed by atoms with van der Waals surface area (Å²) < 4.78 is 0. The standard InChI is InChI=1S/C12H12N2O7/c1-5(9(11(16)17)12(18)19)10(15)6-2-3-7(13)8(4-6)14(20)21/h2-5,9H,13H2,1H3,(H,16,17)(H,18,19). The van der Waals surface area contributed by atoms with E-state index in [0.717, 1.165) is 19.1 Å². The number of carbonyl (C=O) groups excluding carboxylic acids is 1. The Kier molecular flexibility index (Phi) is 4.59. The van der Waals surface area contributed by atoms with Gasteiger partial charge in [0.2, 0.25) is 0 Å². The summed E-state index contributed by atoms with van der Waals surface area (Å²) in [5, 5.41) is 28.4. The number of carbonyl (C=O) groups is 3. The molecule has 0 aromatic heterocycles. The van der Waals surface area contributed by atoms with Crippen molar-refractivity contribution < 1.29 is 29.5 Å². The zero-order valence-corrected chi connectivity index (χ0v) is 10.8. The summed E-state index contributed by atoms with van der Waals surface area (Å²) in [7, 11) is 0. The summed E-state index contributed by atoms with van der Waals surface area (Å²) >= 11 is 0. The van der Waals surface area contributed by atoms with Gasteiger partial charge in [0.1, 0.15) is 5.69 Å². The van der Waals surface area contributed by atoms with Crippen LogP contribution in [0.1, 0.15) is 17.3 Å². The van der Waals surface area contributed by atoms with E-state index >= 15 is 0 Å². The maximum atomic E-state index is 12.1. The highest BCUT2D eigenvalue weighted by Crippen LogP contribution is 2.25. The number of rotatable bonds is 6. The molecule has 21 heavy (non-hydrogen) atoms. The van der Waals surface area contributed by atoms with Crippen molar-refractivity contribution in [3.8, 4) is 0 Å². The van der Waals surface area contributed by atoms with Gasteiger partial charge in [0.05, 0.1) is 4.92 Å². The van der Waals surface area contributed by atoms with Crippen LogP contribution in [0.25, 0.3) is 0 Å². The highest BCUT2D eigenvalue weighted by atomic mass is 16.6. The minimum absolute atomic E-state index is 0.155. The molecule has 1 rings (SSSR count). The Morgan fingerprint density at radius 3 is 2.19 bits per heavy atom. The van der Waals surface area contributed by atoms with E-state index in [0.29, 0.717) is 0 Å². The molecule has 1 aromatic carbocycles. The number of Topliss-reactive ketones (excluding diaryl/α,β-unsaturated/α-hetero) is 1. The molecule has 9 heteroatoms. The van der Waals surface area contributed by atoms with Crippen LogP contribution in [0.4, 0.5) is 11.4 Å². The summed E-state index contributed by atoms with van der Waals surface area (Å²) in [6.45, 7) is 1.14. The third-order valence-corrected chi connectivity index (χ3v) is 2.96. The summed E-state index contributed by atoms with van der Waals surface area (Å²) in [4.78, 5) is 43.8. The molecule has 0 bridgehead atoms. The van der Waals surface area contributed by atoms with Crippen molar-refractivity contribution in [2.45, 2.75) is 6.92 Å². The number of hydrogen-bond acceptors (Lipinski definition) is 6. The molecule has 0 aliphatic heterocycles. The summed E-state index contributed by atoms with van der Waals surface area (Å²) in [6.07, 6.45) is 0. The van der Waals surface area contributed by atoms with Crippen LogP contribution in [-0.4, -0.2) is 32.9 Å². The molecule has 1 atom stereocenters. The Morgan fingerprint density at radius 1 is 1.24 bits per heavy atom. The summed E-state index contributed by atoms with van der Waals surface area (Å²) in [5.74, 6) is -7.47. The van der Waals surface area contributed by atoms with Gasteiger partial charge in [0.15, 0.2) is 11.7 Å². The number of carboxylic acids is 2. The number of aliphatic carboxylic acids is 2. The number of hydrogen-bond donors (Lipinski definition) is 3. The van der Waals surface area contributed by atoms with E-state index in [1.54, 1.807) is 0 Å². The van der Waals surface area contributed by atoms with Crippen molar-refractivity contribution in [2.24, 2.45) is 11.8 Å². The average Bonchev–Trinajstić information content (AvgIpc) is 2.37. The monoisotopic (exact) mass is 296 g/mol. The van der Waals surface area contributed by atoms with E-state index in [1.807, 2.05) is 0 Å². The zero-order valence-electron chi connectivity index (χ0n) is 10.8. The van der Waals surface area contributed by atoms with Crippen LogP contribution in [0.15, 0.2) is 18.2 Å². The van der Waals surface area contributed by atoms with E-state index in [-0.39, 0.29) is 11.3 Å². The minimum Gasteiger partial charge on any atom is -0.481 e. The van der Waals surface area contributed by atoms with Crippen molar-refractivity contribution in [2.75, 3.05) is 5.73 Å². The Labute approximate surface area is 118 Å². The molecular weight excluding hydrogens is 284 g/mol. The van der Waals surface area contributed by atoms with Gasteiger partial charge in [-0.25, -0.2) is 0 Å². The molecule has 9 nitrogen and oxygen atoms in total. The van der Waals surface area contributed by atoms with Crippen molar-refractivity contribution in [3.05, 3.63) is 33.9 Å². The van der Waals surface area contributed by atoms with Crippen molar-refractivity contribution in [1.29, 1.82) is 0 Å². The van der Waals surface area contributed by atoms with Gasteiger partial charge < -0.3 is 15.9 Å². The number of benzene rings is 1. The first kappa shape index (κ1) is 16.1. The predicted octanol–water partition coefficient (Wildman–Crippen LogP) is 0.781. The highest BCUT2D eigenvalue weighted by Gasteiger charge is 2.37. The molecule has 0 radical (unpaired) electrons. The number of nitrogens with two attached hydrogens (primary N) is 1. The minimum atomic E-state index is -1.94. The highest BCUT2D eigenvalue weighted by molar-refractivity contribution is 6.05. The molecule has 112 valence electrons. The van der Waals surface area contributed by atoms with Crippen LogP contribution in [-0.2, 0) is 9.59 Å².